The number of carboxylic acid groups (broad SMARTS) is 2. The number of rotatable bonds is 2. The van der Waals surface area contributed by atoms with Gasteiger partial charge in [-0.15, -0.1) is 0 Å². The average molecular weight is 669 g/mol. The third-order valence-corrected chi connectivity index (χ3v) is 7.12. The van der Waals surface area contributed by atoms with E-state index in [0.29, 0.717) is 18.2 Å². The largest absolute Gasteiger partial charge is 0.490 e. The number of methoxy groups -OCH3 is 1. The highest BCUT2D eigenvalue weighted by atomic mass is 35.5. The number of aliphatic carboxylic acids is 2. The zero-order valence-electron chi connectivity index (χ0n) is 23.6. The van der Waals surface area contributed by atoms with Crippen LogP contribution in [0.5, 0.6) is 0 Å². The predicted octanol–water partition coefficient (Wildman–Crippen LogP) is 5.17. The Morgan fingerprint density at radius 2 is 1.71 bits per heavy atom. The predicted molar refractivity (Wildman–Crippen MR) is 146 cm³/mol. The molecule has 0 aromatic carbocycles. The zero-order chi connectivity index (χ0) is 33.7. The summed E-state index contributed by atoms with van der Waals surface area (Å²) >= 11 is 6.33. The van der Waals surface area contributed by atoms with E-state index in [1.165, 1.54) is 7.11 Å². The van der Waals surface area contributed by atoms with Gasteiger partial charge in [0.2, 0.25) is 0 Å². The van der Waals surface area contributed by atoms with Gasteiger partial charge in [-0.25, -0.2) is 29.3 Å². The molecule has 3 N–H and O–H groups in total. The maximum Gasteiger partial charge on any atom is 0.490 e. The summed E-state index contributed by atoms with van der Waals surface area (Å²) in [5.41, 5.74) is 5.14. The molecule has 19 heteroatoms. The highest BCUT2D eigenvalue weighted by Crippen LogP contribution is 2.37. The van der Waals surface area contributed by atoms with E-state index in [9.17, 15) is 31.1 Å². The Bertz CT molecular complexity index is 1510. The Morgan fingerprint density at radius 3 is 2.29 bits per heavy atom. The number of likely N-dealkylation sites (tertiary alicyclic amines) is 1. The molecule has 2 aliphatic heterocycles. The molecule has 45 heavy (non-hydrogen) atoms. The summed E-state index contributed by atoms with van der Waals surface area (Å²) in [5, 5.41) is 15.8. The minimum absolute atomic E-state index is 0.174. The summed E-state index contributed by atoms with van der Waals surface area (Å²) < 4.78 is 68.4. The molecule has 0 aliphatic carbocycles. The van der Waals surface area contributed by atoms with Crippen LogP contribution in [0.3, 0.4) is 0 Å². The molecule has 5 heterocycles. The van der Waals surface area contributed by atoms with Crippen molar-refractivity contribution in [3.8, 4) is 0 Å². The number of pyridine rings is 1. The van der Waals surface area contributed by atoms with Gasteiger partial charge >= 0.3 is 30.4 Å². The van der Waals surface area contributed by atoms with Crippen molar-refractivity contribution in [1.82, 2.24) is 24.8 Å². The lowest BCUT2D eigenvalue weighted by Gasteiger charge is -2.39. The van der Waals surface area contributed by atoms with Crippen molar-refractivity contribution < 1.29 is 55.7 Å². The molecular weight excluding hydrogens is 642 g/mol. The molecule has 0 radical (unpaired) electrons. The normalized spacial score (nSPS) is 18.2. The van der Waals surface area contributed by atoms with E-state index >= 15 is 0 Å². The SMILES string of the molecule is COC(=O)N1CCCC(c2ncnc3c2CN(c2cc(Cl)nc4[nH]ccc24)[C@H](C)C3)C1.O=C(O)C(F)(F)F.O=C(O)C(F)(F)F. The molecule has 0 bridgehead atoms. The van der Waals surface area contributed by atoms with E-state index in [4.69, 9.17) is 41.1 Å². The van der Waals surface area contributed by atoms with Crippen LogP contribution >= 0.6 is 11.6 Å². The van der Waals surface area contributed by atoms with Crippen LogP contribution in [0, 0.1) is 0 Å². The molecule has 0 spiro atoms. The van der Waals surface area contributed by atoms with Crippen molar-refractivity contribution >= 4 is 46.4 Å². The van der Waals surface area contributed by atoms with Crippen LogP contribution in [0.2, 0.25) is 5.15 Å². The molecule has 3 aromatic rings. The summed E-state index contributed by atoms with van der Waals surface area (Å²) in [4.78, 5) is 50.9. The monoisotopic (exact) mass is 668 g/mol. The highest BCUT2D eigenvalue weighted by molar-refractivity contribution is 6.30. The summed E-state index contributed by atoms with van der Waals surface area (Å²) in [7, 11) is 1.43. The van der Waals surface area contributed by atoms with Crippen molar-refractivity contribution in [2.75, 3.05) is 25.1 Å². The smallest absolute Gasteiger partial charge is 0.475 e. The number of ether oxygens (including phenoxy) is 1. The first-order chi connectivity index (χ1) is 20.9. The molecular formula is C26H27ClF6N6O6. The van der Waals surface area contributed by atoms with E-state index in [-0.39, 0.29) is 18.1 Å². The number of aromatic amines is 1. The molecule has 1 unspecified atom stereocenters. The number of carbonyl (C=O) groups is 3. The molecule has 2 aliphatic rings. The summed E-state index contributed by atoms with van der Waals surface area (Å²) in [5.74, 6) is -5.34. The number of nitrogens with zero attached hydrogens (tertiary/aromatic N) is 5. The molecule has 12 nitrogen and oxygen atoms in total. The van der Waals surface area contributed by atoms with Crippen molar-refractivity contribution in [2.45, 2.75) is 57.0 Å². The molecule has 1 saturated heterocycles. The second-order valence-corrected chi connectivity index (χ2v) is 10.3. The molecule has 2 atom stereocenters. The lowest BCUT2D eigenvalue weighted by atomic mass is 9.88. The average Bonchev–Trinajstić information content (AvgIpc) is 3.44. The van der Waals surface area contributed by atoms with E-state index < -0.39 is 24.3 Å². The quantitative estimate of drug-likeness (QED) is 0.245. The lowest BCUT2D eigenvalue weighted by Crippen LogP contribution is -2.42. The van der Waals surface area contributed by atoms with Crippen LogP contribution in [0.1, 0.15) is 42.6 Å². The third-order valence-electron chi connectivity index (χ3n) is 6.93. The van der Waals surface area contributed by atoms with Gasteiger partial charge in [0.05, 0.1) is 24.2 Å². The number of H-pyrrole nitrogens is 1. The number of hydrogen-bond acceptors (Lipinski definition) is 8. The second-order valence-electron chi connectivity index (χ2n) is 9.93. The second kappa shape index (κ2) is 14.2. The Balaban J connectivity index is 0.000000331. The standard InChI is InChI=1S/C22H25ClN6O2.2C2HF3O2/c1-13-8-17-16(11-29(13)18-9-19(23)27-21-15(18)5-6-24-21)20(26-12-25-17)14-4-3-7-28(10-14)22(30)31-2;2*3-2(4,5)1(6)7/h5-6,9,12-14H,3-4,7-8,10-11H2,1-2H3,(H,24,27);2*(H,6,7)/t13-,14?;;/m1../s1. The molecule has 1 amide bonds. The number of hydrogen-bond donors (Lipinski definition) is 3. The van der Waals surface area contributed by atoms with E-state index in [1.54, 1.807) is 11.2 Å². The first-order valence-corrected chi connectivity index (χ1v) is 13.5. The van der Waals surface area contributed by atoms with Crippen LogP contribution < -0.4 is 4.90 Å². The van der Waals surface area contributed by atoms with Gasteiger partial charge in [-0.3, -0.25) is 0 Å². The Morgan fingerprint density at radius 1 is 1.09 bits per heavy atom. The fourth-order valence-electron chi connectivity index (χ4n) is 4.93. The first kappa shape index (κ1) is 35.1. The topological polar surface area (TPSA) is 162 Å². The van der Waals surface area contributed by atoms with Crippen molar-refractivity contribution in [3.05, 3.63) is 46.8 Å². The van der Waals surface area contributed by atoms with Crippen molar-refractivity contribution in [3.63, 3.8) is 0 Å². The lowest BCUT2D eigenvalue weighted by molar-refractivity contribution is -0.193. The van der Waals surface area contributed by atoms with Gasteiger partial charge in [0.15, 0.2) is 0 Å². The minimum atomic E-state index is -5.08. The number of nitrogens with one attached hydrogen (secondary N) is 1. The molecule has 5 rings (SSSR count). The van der Waals surface area contributed by atoms with Crippen LogP contribution in [-0.4, -0.2) is 91.7 Å². The van der Waals surface area contributed by atoms with Crippen molar-refractivity contribution in [2.24, 2.45) is 0 Å². The third kappa shape index (κ3) is 8.86. The molecule has 3 aromatic heterocycles. The van der Waals surface area contributed by atoms with Gasteiger partial charge in [-0.1, -0.05) is 11.6 Å². The number of piperidine rings is 1. The zero-order valence-corrected chi connectivity index (χ0v) is 24.4. The van der Waals surface area contributed by atoms with Crippen LogP contribution in [-0.2, 0) is 27.3 Å². The van der Waals surface area contributed by atoms with Gasteiger partial charge in [-0.05, 0) is 31.9 Å². The Labute approximate surface area is 256 Å². The number of halogens is 7. The number of fused-ring (bicyclic) bond motifs is 2. The van der Waals surface area contributed by atoms with Gasteiger partial charge in [0.1, 0.15) is 17.1 Å². The molecule has 0 saturated carbocycles. The van der Waals surface area contributed by atoms with E-state index in [2.05, 4.69) is 26.8 Å². The van der Waals surface area contributed by atoms with Crippen LogP contribution in [0.15, 0.2) is 24.7 Å². The van der Waals surface area contributed by atoms with Gasteiger partial charge in [0.25, 0.3) is 0 Å². The first-order valence-electron chi connectivity index (χ1n) is 13.1. The number of carbonyl (C=O) groups excluding carboxylic acids is 1. The minimum Gasteiger partial charge on any atom is -0.475 e. The molecule has 1 fully saturated rings. The number of aromatic nitrogens is 4. The Hall–Kier alpha value is -4.35. The van der Waals surface area contributed by atoms with E-state index in [0.717, 1.165) is 59.5 Å². The number of anilines is 1. The summed E-state index contributed by atoms with van der Waals surface area (Å²) in [6, 6.07) is 4.22. The summed E-state index contributed by atoms with van der Waals surface area (Å²) in [6.45, 7) is 4.24. The van der Waals surface area contributed by atoms with Crippen LogP contribution in [0.25, 0.3) is 11.0 Å². The van der Waals surface area contributed by atoms with Gasteiger partial charge in [0, 0.05) is 55.2 Å². The highest BCUT2D eigenvalue weighted by Gasteiger charge is 2.39. The number of carboxylic acids is 2. The fraction of sp³-hybridized carbons (Fsp3) is 0.462. The Kier molecular flexibility index (Phi) is 11.1. The maximum absolute atomic E-state index is 12.1. The number of alkyl halides is 6. The van der Waals surface area contributed by atoms with E-state index in [1.807, 2.05) is 18.3 Å². The van der Waals surface area contributed by atoms with Gasteiger partial charge in [-0.2, -0.15) is 26.3 Å². The molecule has 246 valence electrons. The van der Waals surface area contributed by atoms with Crippen LogP contribution in [0.4, 0.5) is 36.8 Å². The maximum atomic E-state index is 12.1. The number of amides is 1. The van der Waals surface area contributed by atoms with Crippen molar-refractivity contribution in [1.29, 1.82) is 0 Å². The summed E-state index contributed by atoms with van der Waals surface area (Å²) in [6.07, 6.45) is -4.13. The van der Waals surface area contributed by atoms with Gasteiger partial charge < -0.3 is 29.7 Å². The fourth-order valence-corrected chi connectivity index (χ4v) is 5.11.